The monoisotopic (exact) mass is 234 g/mol. The van der Waals surface area contributed by atoms with Gasteiger partial charge in [0.15, 0.2) is 0 Å². The summed E-state index contributed by atoms with van der Waals surface area (Å²) in [5.41, 5.74) is 0. The minimum absolute atomic E-state index is 0.174. The van der Waals surface area contributed by atoms with Gasteiger partial charge in [0.05, 0.1) is 6.42 Å². The van der Waals surface area contributed by atoms with Gasteiger partial charge in [0.25, 0.3) is 0 Å². The van der Waals surface area contributed by atoms with Crippen LogP contribution >= 0.6 is 0 Å². The number of carboxylic acid groups (broad SMARTS) is 1. The van der Waals surface area contributed by atoms with Crippen LogP contribution in [-0.2, 0) is 4.79 Å². The molecular weight excluding hydrogens is 216 g/mol. The van der Waals surface area contributed by atoms with Crippen LogP contribution in [0.15, 0.2) is 24.4 Å². The summed E-state index contributed by atoms with van der Waals surface area (Å²) < 4.78 is 0. The van der Waals surface area contributed by atoms with Gasteiger partial charge in [0, 0.05) is 18.8 Å². The highest BCUT2D eigenvalue weighted by Crippen LogP contribution is 2.27. The van der Waals surface area contributed by atoms with E-state index in [2.05, 4.69) is 9.88 Å². The van der Waals surface area contributed by atoms with E-state index in [-0.39, 0.29) is 6.42 Å². The van der Waals surface area contributed by atoms with Gasteiger partial charge in [-0.1, -0.05) is 18.9 Å². The lowest BCUT2D eigenvalue weighted by molar-refractivity contribution is -0.136. The Labute approximate surface area is 101 Å². The number of aromatic nitrogens is 1. The van der Waals surface area contributed by atoms with Crippen LogP contribution < -0.4 is 4.90 Å². The SMILES string of the molecule is O=C(O)CCN(c1ccccn1)C1CCCC1. The smallest absolute Gasteiger partial charge is 0.305 e. The lowest BCUT2D eigenvalue weighted by Crippen LogP contribution is -2.35. The average molecular weight is 234 g/mol. The van der Waals surface area contributed by atoms with Gasteiger partial charge >= 0.3 is 5.97 Å². The first-order valence-corrected chi connectivity index (χ1v) is 6.17. The van der Waals surface area contributed by atoms with E-state index < -0.39 is 5.97 Å². The predicted octanol–water partition coefficient (Wildman–Crippen LogP) is 2.31. The van der Waals surface area contributed by atoms with Gasteiger partial charge in [-0.25, -0.2) is 4.98 Å². The molecule has 0 unspecified atom stereocenters. The van der Waals surface area contributed by atoms with E-state index in [0.717, 1.165) is 18.7 Å². The van der Waals surface area contributed by atoms with Crippen LogP contribution in [-0.4, -0.2) is 28.6 Å². The molecule has 1 aliphatic rings. The highest BCUT2D eigenvalue weighted by molar-refractivity contribution is 5.67. The summed E-state index contributed by atoms with van der Waals surface area (Å²) in [6, 6.07) is 6.25. The van der Waals surface area contributed by atoms with Gasteiger partial charge in [-0.05, 0) is 25.0 Å². The van der Waals surface area contributed by atoms with E-state index in [4.69, 9.17) is 5.11 Å². The van der Waals surface area contributed by atoms with E-state index >= 15 is 0 Å². The number of aliphatic carboxylic acids is 1. The molecule has 1 aromatic rings. The van der Waals surface area contributed by atoms with Crippen molar-refractivity contribution in [1.29, 1.82) is 0 Å². The molecule has 2 rings (SSSR count). The Morgan fingerprint density at radius 2 is 2.18 bits per heavy atom. The maximum atomic E-state index is 10.7. The number of anilines is 1. The van der Waals surface area contributed by atoms with E-state index in [1.165, 1.54) is 12.8 Å². The molecule has 0 spiro atoms. The van der Waals surface area contributed by atoms with Gasteiger partial charge in [0.1, 0.15) is 5.82 Å². The molecule has 1 aliphatic carbocycles. The fraction of sp³-hybridized carbons (Fsp3) is 0.538. The third kappa shape index (κ3) is 3.19. The molecule has 0 atom stereocenters. The minimum Gasteiger partial charge on any atom is -0.481 e. The van der Waals surface area contributed by atoms with E-state index in [0.29, 0.717) is 12.6 Å². The van der Waals surface area contributed by atoms with Crippen LogP contribution in [0.25, 0.3) is 0 Å². The molecule has 1 fully saturated rings. The Morgan fingerprint density at radius 1 is 1.41 bits per heavy atom. The maximum Gasteiger partial charge on any atom is 0.305 e. The second-order valence-electron chi connectivity index (χ2n) is 4.46. The van der Waals surface area contributed by atoms with Crippen LogP contribution in [0.2, 0.25) is 0 Å². The standard InChI is InChI=1S/C13H18N2O2/c16-13(17)8-10-15(11-5-1-2-6-11)12-7-3-4-9-14-12/h3-4,7,9,11H,1-2,5-6,8,10H2,(H,16,17). The molecule has 17 heavy (non-hydrogen) atoms. The van der Waals surface area contributed by atoms with E-state index in [1.54, 1.807) is 6.20 Å². The van der Waals surface area contributed by atoms with E-state index in [9.17, 15) is 4.79 Å². The molecule has 92 valence electrons. The van der Waals surface area contributed by atoms with Crippen LogP contribution in [0.3, 0.4) is 0 Å². The van der Waals surface area contributed by atoms with Crippen molar-refractivity contribution < 1.29 is 9.90 Å². The van der Waals surface area contributed by atoms with Crippen molar-refractivity contribution in [2.45, 2.75) is 38.1 Å². The second-order valence-corrected chi connectivity index (χ2v) is 4.46. The zero-order chi connectivity index (χ0) is 12.1. The van der Waals surface area contributed by atoms with Gasteiger partial charge in [-0.2, -0.15) is 0 Å². The number of hydrogen-bond acceptors (Lipinski definition) is 3. The van der Waals surface area contributed by atoms with Gasteiger partial charge in [-0.3, -0.25) is 4.79 Å². The number of rotatable bonds is 5. The molecule has 1 aromatic heterocycles. The summed E-state index contributed by atoms with van der Waals surface area (Å²) in [6.45, 7) is 0.553. The van der Waals surface area contributed by atoms with Crippen LogP contribution in [0, 0.1) is 0 Å². The third-order valence-electron chi connectivity index (χ3n) is 3.28. The summed E-state index contributed by atoms with van der Waals surface area (Å²) in [4.78, 5) is 17.2. The fourth-order valence-electron chi connectivity index (χ4n) is 2.44. The van der Waals surface area contributed by atoms with Crippen molar-refractivity contribution in [2.75, 3.05) is 11.4 Å². The molecule has 1 saturated carbocycles. The largest absolute Gasteiger partial charge is 0.481 e. The Bertz CT molecular complexity index is 361. The number of pyridine rings is 1. The molecule has 0 bridgehead atoms. The van der Waals surface area contributed by atoms with Crippen LogP contribution in [0.4, 0.5) is 5.82 Å². The first-order chi connectivity index (χ1) is 8.27. The highest BCUT2D eigenvalue weighted by Gasteiger charge is 2.23. The Morgan fingerprint density at radius 3 is 2.76 bits per heavy atom. The summed E-state index contributed by atoms with van der Waals surface area (Å²) in [6.07, 6.45) is 6.71. The third-order valence-corrected chi connectivity index (χ3v) is 3.28. The summed E-state index contributed by atoms with van der Waals surface area (Å²) in [5, 5.41) is 8.81. The van der Waals surface area contributed by atoms with E-state index in [1.807, 2.05) is 18.2 Å². The molecule has 0 aliphatic heterocycles. The molecule has 1 N–H and O–H groups in total. The topological polar surface area (TPSA) is 53.4 Å². The first-order valence-electron chi connectivity index (χ1n) is 6.17. The number of nitrogens with zero attached hydrogens (tertiary/aromatic N) is 2. The van der Waals surface area contributed by atoms with Gasteiger partial charge in [-0.15, -0.1) is 0 Å². The first kappa shape index (κ1) is 11.9. The maximum absolute atomic E-state index is 10.7. The molecule has 0 saturated heterocycles. The van der Waals surface area contributed by atoms with Gasteiger partial charge < -0.3 is 10.0 Å². The highest BCUT2D eigenvalue weighted by atomic mass is 16.4. The molecular formula is C13H18N2O2. The Kier molecular flexibility index (Phi) is 3.96. The minimum atomic E-state index is -0.746. The second kappa shape index (κ2) is 5.66. The summed E-state index contributed by atoms with van der Waals surface area (Å²) >= 11 is 0. The zero-order valence-corrected chi connectivity index (χ0v) is 9.88. The molecule has 4 heteroatoms. The predicted molar refractivity (Wildman–Crippen MR) is 66.1 cm³/mol. The number of hydrogen-bond donors (Lipinski definition) is 1. The van der Waals surface area contributed by atoms with Crippen LogP contribution in [0.5, 0.6) is 0 Å². The van der Waals surface area contributed by atoms with Crippen LogP contribution in [0.1, 0.15) is 32.1 Å². The van der Waals surface area contributed by atoms with Crippen molar-refractivity contribution in [3.63, 3.8) is 0 Å². The summed E-state index contributed by atoms with van der Waals surface area (Å²) in [5.74, 6) is 0.157. The fourth-order valence-corrected chi connectivity index (χ4v) is 2.44. The molecule has 4 nitrogen and oxygen atoms in total. The summed E-state index contributed by atoms with van der Waals surface area (Å²) in [7, 11) is 0. The zero-order valence-electron chi connectivity index (χ0n) is 9.88. The lowest BCUT2D eigenvalue weighted by Gasteiger charge is -2.29. The normalized spacial score (nSPS) is 16.0. The molecule has 0 amide bonds. The molecule has 0 aromatic carbocycles. The van der Waals surface area contributed by atoms with Crippen molar-refractivity contribution in [3.8, 4) is 0 Å². The Hall–Kier alpha value is -1.58. The molecule has 1 heterocycles. The van der Waals surface area contributed by atoms with Crippen molar-refractivity contribution in [1.82, 2.24) is 4.98 Å². The van der Waals surface area contributed by atoms with Crippen molar-refractivity contribution in [2.24, 2.45) is 0 Å². The number of carboxylic acids is 1. The Balaban J connectivity index is 2.08. The van der Waals surface area contributed by atoms with Crippen molar-refractivity contribution in [3.05, 3.63) is 24.4 Å². The quantitative estimate of drug-likeness (QED) is 0.849. The molecule has 0 radical (unpaired) electrons. The average Bonchev–Trinajstić information content (AvgIpc) is 2.84. The van der Waals surface area contributed by atoms with Crippen molar-refractivity contribution >= 4 is 11.8 Å². The number of carbonyl (C=O) groups is 1. The van der Waals surface area contributed by atoms with Gasteiger partial charge in [0.2, 0.25) is 0 Å². The lowest BCUT2D eigenvalue weighted by atomic mass is 10.2.